The maximum atomic E-state index is 12.3. The van der Waals surface area contributed by atoms with E-state index in [1.807, 2.05) is 0 Å². The minimum Gasteiger partial charge on any atom is -0.462 e. The van der Waals surface area contributed by atoms with Gasteiger partial charge in [-0.05, 0) is 51.4 Å². The number of rotatable bonds is 62. The van der Waals surface area contributed by atoms with Gasteiger partial charge in [0.25, 0.3) is 0 Å². The highest BCUT2D eigenvalue weighted by molar-refractivity contribution is 5.70. The SMILES string of the molecule is CCCCCCC/C=C\C/C=C\C/C=C\CCCCCCCCCCCCC(=O)OC(CO)COC(=O)CCCCCCCCCCCCCCCCCCCCCCCCCCCCCCCCCCCC. The molecule has 0 fully saturated rings. The standard InChI is InChI=1S/C68H128O5/c1-3-5-7-9-11-13-15-17-19-21-23-25-27-29-30-31-32-33-34-35-36-37-39-40-42-44-46-48-50-52-54-56-58-60-62-67(70)72-65-66(64-69)73-68(71)63-61-59-57-55-53-51-49-47-45-43-41-38-28-26-24-22-20-18-16-14-12-10-8-6-4-2/h16,18,22,24,28,38,66,69H,3-15,17,19-21,23,25-27,29-37,39-65H2,1-2H3/b18-16-,24-22-,38-28-. The molecule has 430 valence electrons. The van der Waals surface area contributed by atoms with E-state index in [1.165, 1.54) is 295 Å². The van der Waals surface area contributed by atoms with Crippen LogP contribution in [-0.4, -0.2) is 36.4 Å². The van der Waals surface area contributed by atoms with Crippen molar-refractivity contribution in [2.45, 2.75) is 373 Å². The summed E-state index contributed by atoms with van der Waals surface area (Å²) in [4.78, 5) is 24.6. The molecule has 1 unspecified atom stereocenters. The Balaban J connectivity index is 3.40. The van der Waals surface area contributed by atoms with Crippen LogP contribution in [0.3, 0.4) is 0 Å². The van der Waals surface area contributed by atoms with Crippen LogP contribution in [0, 0.1) is 0 Å². The highest BCUT2D eigenvalue weighted by atomic mass is 16.6. The molecule has 0 aromatic carbocycles. The summed E-state index contributed by atoms with van der Waals surface area (Å²) in [7, 11) is 0. The normalized spacial score (nSPS) is 12.3. The Morgan fingerprint density at radius 3 is 0.822 bits per heavy atom. The molecule has 0 aromatic heterocycles. The van der Waals surface area contributed by atoms with Gasteiger partial charge in [-0.15, -0.1) is 0 Å². The fourth-order valence-corrected chi connectivity index (χ4v) is 10.2. The molecule has 5 heteroatoms. The maximum absolute atomic E-state index is 12.3. The zero-order valence-corrected chi connectivity index (χ0v) is 49.4. The molecule has 5 nitrogen and oxygen atoms in total. The number of ether oxygens (including phenoxy) is 2. The van der Waals surface area contributed by atoms with Crippen LogP contribution < -0.4 is 0 Å². The molecule has 0 spiro atoms. The molecule has 0 aliphatic carbocycles. The van der Waals surface area contributed by atoms with E-state index in [2.05, 4.69) is 50.3 Å². The molecule has 0 aliphatic heterocycles. The van der Waals surface area contributed by atoms with Gasteiger partial charge in [-0.3, -0.25) is 9.59 Å². The average Bonchev–Trinajstić information content (AvgIpc) is 3.39. The summed E-state index contributed by atoms with van der Waals surface area (Å²) < 4.78 is 10.7. The molecule has 0 aromatic rings. The van der Waals surface area contributed by atoms with Crippen LogP contribution >= 0.6 is 0 Å². The Labute approximate surface area is 456 Å². The highest BCUT2D eigenvalue weighted by Crippen LogP contribution is 2.19. The zero-order valence-electron chi connectivity index (χ0n) is 49.4. The average molecular weight is 1030 g/mol. The fourth-order valence-electron chi connectivity index (χ4n) is 10.2. The van der Waals surface area contributed by atoms with E-state index in [0.29, 0.717) is 12.8 Å². The van der Waals surface area contributed by atoms with E-state index in [1.54, 1.807) is 0 Å². The van der Waals surface area contributed by atoms with Crippen molar-refractivity contribution < 1.29 is 24.2 Å². The molecule has 0 rings (SSSR count). The molecule has 1 N–H and O–H groups in total. The second-order valence-corrected chi connectivity index (χ2v) is 22.6. The van der Waals surface area contributed by atoms with Gasteiger partial charge >= 0.3 is 11.9 Å². The maximum Gasteiger partial charge on any atom is 0.306 e. The number of hydrogen-bond acceptors (Lipinski definition) is 5. The first kappa shape index (κ1) is 71.1. The third kappa shape index (κ3) is 62.6. The third-order valence-electron chi connectivity index (χ3n) is 15.2. The molecule has 0 amide bonds. The topological polar surface area (TPSA) is 72.8 Å². The summed E-state index contributed by atoms with van der Waals surface area (Å²) >= 11 is 0. The molecule has 1 atom stereocenters. The van der Waals surface area contributed by atoms with Crippen molar-refractivity contribution in [1.29, 1.82) is 0 Å². The number of esters is 2. The minimum atomic E-state index is -0.773. The van der Waals surface area contributed by atoms with E-state index in [4.69, 9.17) is 9.47 Å². The number of unbranched alkanes of at least 4 members (excludes halogenated alkanes) is 48. The number of carbonyl (C=O) groups is 2. The monoisotopic (exact) mass is 1020 g/mol. The second-order valence-electron chi connectivity index (χ2n) is 22.6. The highest BCUT2D eigenvalue weighted by Gasteiger charge is 2.16. The Bertz CT molecular complexity index is 1160. The number of carbonyl (C=O) groups excluding carboxylic acids is 2. The molecular weight excluding hydrogens is 897 g/mol. The van der Waals surface area contributed by atoms with Crippen molar-refractivity contribution in [3.05, 3.63) is 36.5 Å². The lowest BCUT2D eigenvalue weighted by Gasteiger charge is -2.15. The molecule has 0 bridgehead atoms. The van der Waals surface area contributed by atoms with E-state index < -0.39 is 6.10 Å². The van der Waals surface area contributed by atoms with Gasteiger partial charge in [0.05, 0.1) is 6.61 Å². The van der Waals surface area contributed by atoms with Crippen molar-refractivity contribution in [2.24, 2.45) is 0 Å². The van der Waals surface area contributed by atoms with Gasteiger partial charge in [0.15, 0.2) is 6.10 Å². The van der Waals surface area contributed by atoms with Crippen LogP contribution in [0.1, 0.15) is 367 Å². The van der Waals surface area contributed by atoms with Crippen LogP contribution in [0.2, 0.25) is 0 Å². The van der Waals surface area contributed by atoms with Crippen LogP contribution in [-0.2, 0) is 19.1 Å². The molecule has 0 radical (unpaired) electrons. The summed E-state index contributed by atoms with van der Waals surface area (Å²) in [6.45, 7) is 4.18. The van der Waals surface area contributed by atoms with Crippen molar-refractivity contribution in [2.75, 3.05) is 13.2 Å². The van der Waals surface area contributed by atoms with E-state index in [-0.39, 0.29) is 25.2 Å². The van der Waals surface area contributed by atoms with Crippen molar-refractivity contribution in [3.63, 3.8) is 0 Å². The Hall–Kier alpha value is -1.88. The van der Waals surface area contributed by atoms with Crippen LogP contribution in [0.25, 0.3) is 0 Å². The van der Waals surface area contributed by atoms with Gasteiger partial charge in [0, 0.05) is 12.8 Å². The number of aliphatic hydroxyl groups is 1. The molecule has 0 saturated carbocycles. The first-order valence-electron chi connectivity index (χ1n) is 33.0. The van der Waals surface area contributed by atoms with Gasteiger partial charge in [-0.1, -0.05) is 339 Å². The van der Waals surface area contributed by atoms with Crippen LogP contribution in [0.4, 0.5) is 0 Å². The number of aliphatic hydroxyl groups excluding tert-OH is 1. The van der Waals surface area contributed by atoms with Gasteiger partial charge in [-0.25, -0.2) is 0 Å². The van der Waals surface area contributed by atoms with Crippen molar-refractivity contribution in [1.82, 2.24) is 0 Å². The van der Waals surface area contributed by atoms with Gasteiger partial charge in [0.2, 0.25) is 0 Å². The molecule has 0 saturated heterocycles. The van der Waals surface area contributed by atoms with Gasteiger partial charge in [0.1, 0.15) is 6.61 Å². The third-order valence-corrected chi connectivity index (χ3v) is 15.2. The molecule has 0 aliphatic rings. The van der Waals surface area contributed by atoms with Crippen molar-refractivity contribution in [3.8, 4) is 0 Å². The predicted octanol–water partition coefficient (Wildman–Crippen LogP) is 22.6. The van der Waals surface area contributed by atoms with Crippen LogP contribution in [0.5, 0.6) is 0 Å². The van der Waals surface area contributed by atoms with Gasteiger partial charge < -0.3 is 14.6 Å². The fraction of sp³-hybridized carbons (Fsp3) is 0.882. The lowest BCUT2D eigenvalue weighted by molar-refractivity contribution is -0.161. The lowest BCUT2D eigenvalue weighted by atomic mass is 10.0. The summed E-state index contributed by atoms with van der Waals surface area (Å²) in [5, 5.41) is 9.68. The molecular formula is C68H128O5. The van der Waals surface area contributed by atoms with Gasteiger partial charge in [-0.2, -0.15) is 0 Å². The number of allylic oxidation sites excluding steroid dienone is 6. The largest absolute Gasteiger partial charge is 0.462 e. The lowest BCUT2D eigenvalue weighted by Crippen LogP contribution is -2.28. The Morgan fingerprint density at radius 1 is 0.315 bits per heavy atom. The summed E-state index contributed by atoms with van der Waals surface area (Å²) in [6.07, 6.45) is 84.5. The zero-order chi connectivity index (χ0) is 52.7. The summed E-state index contributed by atoms with van der Waals surface area (Å²) in [5.74, 6) is -0.576. The van der Waals surface area contributed by atoms with E-state index in [0.717, 1.165) is 44.9 Å². The Morgan fingerprint density at radius 2 is 0.548 bits per heavy atom. The molecule has 0 heterocycles. The Kier molecular flexibility index (Phi) is 62.7. The predicted molar refractivity (Wildman–Crippen MR) is 321 cm³/mol. The summed E-state index contributed by atoms with van der Waals surface area (Å²) in [6, 6.07) is 0. The molecule has 73 heavy (non-hydrogen) atoms. The first-order valence-corrected chi connectivity index (χ1v) is 33.0. The van der Waals surface area contributed by atoms with E-state index in [9.17, 15) is 14.7 Å². The van der Waals surface area contributed by atoms with Crippen molar-refractivity contribution >= 4 is 11.9 Å². The minimum absolute atomic E-state index is 0.0628. The van der Waals surface area contributed by atoms with Crippen LogP contribution in [0.15, 0.2) is 36.5 Å². The number of hydrogen-bond donors (Lipinski definition) is 1. The van der Waals surface area contributed by atoms with E-state index >= 15 is 0 Å². The first-order chi connectivity index (χ1) is 36.1. The second kappa shape index (κ2) is 64.4. The smallest absolute Gasteiger partial charge is 0.306 e. The summed E-state index contributed by atoms with van der Waals surface area (Å²) in [5.41, 5.74) is 0. The quantitative estimate of drug-likeness (QED) is 0.0373.